The van der Waals surface area contributed by atoms with Gasteiger partial charge in [-0.05, 0) is 13.5 Å². The lowest BCUT2D eigenvalue weighted by atomic mass is 10.3. The predicted octanol–water partition coefficient (Wildman–Crippen LogP) is 0.739. The number of rotatable bonds is 1. The van der Waals surface area contributed by atoms with Crippen LogP contribution < -0.4 is 0 Å². The fourth-order valence-electron chi connectivity index (χ4n) is 0.249. The van der Waals surface area contributed by atoms with E-state index in [2.05, 4.69) is 0 Å². The Morgan fingerprint density at radius 3 is 2.29 bits per heavy atom. The average molecular weight is 113 g/mol. The molecule has 7 heavy (non-hydrogen) atoms. The molecule has 0 spiro atoms. The Balaban J connectivity index is 3.35. The molecule has 3 heteroatoms. The highest BCUT2D eigenvalue weighted by Gasteiger charge is 1.89. The summed E-state index contributed by atoms with van der Waals surface area (Å²) >= 11 is 4.78. The Morgan fingerprint density at radius 1 is 1.86 bits per heavy atom. The topological polar surface area (TPSA) is 3.24 Å². The van der Waals surface area contributed by atoms with Gasteiger partial charge in [0.25, 0.3) is 0 Å². The molecule has 0 N–H and O–H groups in total. The summed E-state index contributed by atoms with van der Waals surface area (Å²) in [5.74, 6) is 0. The first-order chi connectivity index (χ1) is 3.18. The molecule has 0 atom stereocenters. The molecule has 0 saturated carbocycles. The van der Waals surface area contributed by atoms with Crippen LogP contribution in [0.2, 0.25) is 0 Å². The average Bonchev–Trinajstić information content (AvgIpc) is 1.65. The molecule has 0 aromatic rings. The molecule has 2 radical (unpaired) electrons. The minimum absolute atomic E-state index is 0.792. The van der Waals surface area contributed by atoms with Crippen LogP contribution in [0.1, 0.15) is 13.3 Å². The first kappa shape index (κ1) is 6.95. The van der Waals surface area contributed by atoms with Crippen molar-refractivity contribution in [1.29, 1.82) is 0 Å². The van der Waals surface area contributed by atoms with Crippen LogP contribution in [0.5, 0.6) is 0 Å². The molecule has 0 saturated heterocycles. The predicted molar refractivity (Wildman–Crippen MR) is 36.4 cm³/mol. The second-order valence-corrected chi connectivity index (χ2v) is 1.83. The van der Waals surface area contributed by atoms with Gasteiger partial charge >= 0.3 is 0 Å². The van der Waals surface area contributed by atoms with Crippen LogP contribution in [-0.2, 0) is 0 Å². The quantitative estimate of drug-likeness (QED) is 0.364. The summed E-state index contributed by atoms with van der Waals surface area (Å²) in [6.45, 7) is 1.98. The number of hydrogen-bond donors (Lipinski definition) is 0. The lowest BCUT2D eigenvalue weighted by Gasteiger charge is -2.10. The number of nitrogens with zero attached hydrogens (tertiary/aromatic N) is 1. The maximum absolute atomic E-state index is 5.24. The van der Waals surface area contributed by atoms with E-state index < -0.39 is 0 Å². The van der Waals surface area contributed by atoms with E-state index in [1.807, 2.05) is 6.92 Å². The van der Waals surface area contributed by atoms with E-state index in [1.165, 1.54) is 4.81 Å². The third-order valence-corrected chi connectivity index (χ3v) is 1.27. The van der Waals surface area contributed by atoms with E-state index in [-0.39, 0.29) is 0 Å². The van der Waals surface area contributed by atoms with E-state index in [9.17, 15) is 0 Å². The molecular formula is C4H8BNS. The molecule has 0 bridgehead atoms. The van der Waals surface area contributed by atoms with Crippen LogP contribution in [0.3, 0.4) is 0 Å². The zero-order valence-corrected chi connectivity index (χ0v) is 5.46. The van der Waals surface area contributed by atoms with Gasteiger partial charge in [-0.3, -0.25) is 0 Å². The van der Waals surface area contributed by atoms with Gasteiger partial charge in [0, 0.05) is 0 Å². The molecule has 1 nitrogen and oxygen atoms in total. The smallest absolute Gasteiger partial charge is 0.226 e. The fraction of sp³-hybridized carbons (Fsp3) is 0.750. The second-order valence-electron chi connectivity index (χ2n) is 1.36. The molecule has 0 aliphatic carbocycles. The maximum atomic E-state index is 5.24. The normalized spacial score (nSPS) is 8.29. The molecule has 0 aromatic carbocycles. The highest BCUT2D eigenvalue weighted by molar-refractivity contribution is 7.80. The summed E-state index contributed by atoms with van der Waals surface area (Å²) in [6, 6.07) is 0. The van der Waals surface area contributed by atoms with Crippen LogP contribution in [0, 0.1) is 0 Å². The van der Waals surface area contributed by atoms with E-state index in [0.717, 1.165) is 11.4 Å². The van der Waals surface area contributed by atoms with Crippen molar-refractivity contribution >= 4 is 25.2 Å². The summed E-state index contributed by atoms with van der Waals surface area (Å²) in [5.41, 5.74) is 0. The first-order valence-electron chi connectivity index (χ1n) is 2.19. The van der Waals surface area contributed by atoms with E-state index in [1.54, 1.807) is 7.05 Å². The second kappa shape index (κ2) is 3.02. The van der Waals surface area contributed by atoms with Crippen LogP contribution in [0.25, 0.3) is 0 Å². The molecule has 0 unspecified atom stereocenters. The largest absolute Gasteiger partial charge is 0.422 e. The zero-order valence-electron chi connectivity index (χ0n) is 4.64. The highest BCUT2D eigenvalue weighted by atomic mass is 32.1. The summed E-state index contributed by atoms with van der Waals surface area (Å²) in [7, 11) is 6.98. The Kier molecular flexibility index (Phi) is 3.00. The van der Waals surface area contributed by atoms with Crippen molar-refractivity contribution in [3.63, 3.8) is 0 Å². The Labute approximate surface area is 51.1 Å². The van der Waals surface area contributed by atoms with Crippen molar-refractivity contribution in [2.75, 3.05) is 7.05 Å². The van der Waals surface area contributed by atoms with E-state index >= 15 is 0 Å². The van der Waals surface area contributed by atoms with Crippen molar-refractivity contribution < 1.29 is 0 Å². The third kappa shape index (κ3) is 2.63. The first-order valence-corrected chi connectivity index (χ1v) is 2.60. The van der Waals surface area contributed by atoms with E-state index in [0.29, 0.717) is 0 Å². The van der Waals surface area contributed by atoms with Gasteiger partial charge in [0.2, 0.25) is 7.98 Å². The summed E-state index contributed by atoms with van der Waals surface area (Å²) in [6.07, 6.45) is 0.850. The highest BCUT2D eigenvalue weighted by Crippen LogP contribution is 1.85. The van der Waals surface area contributed by atoms with Gasteiger partial charge in [0.1, 0.15) is 0 Å². The van der Waals surface area contributed by atoms with Crippen LogP contribution in [0.4, 0.5) is 0 Å². The van der Waals surface area contributed by atoms with Crippen molar-refractivity contribution in [3.8, 4) is 0 Å². The van der Waals surface area contributed by atoms with Crippen LogP contribution in [-0.4, -0.2) is 24.8 Å². The fourth-order valence-corrected chi connectivity index (χ4v) is 0.249. The van der Waals surface area contributed by atoms with Crippen molar-refractivity contribution in [1.82, 2.24) is 4.81 Å². The van der Waals surface area contributed by atoms with Gasteiger partial charge in [0.05, 0.1) is 4.99 Å². The molecular weight excluding hydrogens is 105 g/mol. The monoisotopic (exact) mass is 113 g/mol. The lowest BCUT2D eigenvalue weighted by molar-refractivity contribution is 0.811. The van der Waals surface area contributed by atoms with Gasteiger partial charge in [-0.15, -0.1) is 0 Å². The van der Waals surface area contributed by atoms with Gasteiger partial charge in [0.15, 0.2) is 0 Å². The van der Waals surface area contributed by atoms with Gasteiger partial charge in [-0.1, -0.05) is 19.1 Å². The van der Waals surface area contributed by atoms with Crippen LogP contribution >= 0.6 is 12.2 Å². The third-order valence-electron chi connectivity index (χ3n) is 0.696. The Bertz CT molecular complexity index is 72.1. The van der Waals surface area contributed by atoms with Crippen molar-refractivity contribution in [3.05, 3.63) is 0 Å². The molecule has 0 amide bonds. The minimum Gasteiger partial charge on any atom is -0.422 e. The summed E-state index contributed by atoms with van der Waals surface area (Å²) in [4.78, 5) is 2.25. The maximum Gasteiger partial charge on any atom is 0.226 e. The molecule has 0 aromatic heterocycles. The standard InChI is InChI=1S/C4H8BNS/c1-3-4(7)6(2)5/h3H2,1-2H3. The molecule has 0 fully saturated rings. The summed E-state index contributed by atoms with van der Waals surface area (Å²) in [5, 5.41) is 0. The van der Waals surface area contributed by atoms with Crippen LogP contribution in [0.15, 0.2) is 0 Å². The van der Waals surface area contributed by atoms with Crippen molar-refractivity contribution in [2.45, 2.75) is 13.3 Å². The van der Waals surface area contributed by atoms with E-state index in [4.69, 9.17) is 20.2 Å². The molecule has 38 valence electrons. The van der Waals surface area contributed by atoms with Gasteiger partial charge < -0.3 is 4.81 Å². The minimum atomic E-state index is 0.792. The Hall–Kier alpha value is -0.0451. The van der Waals surface area contributed by atoms with Crippen molar-refractivity contribution in [2.24, 2.45) is 0 Å². The molecule has 0 aliphatic rings. The molecule has 0 aliphatic heterocycles. The zero-order chi connectivity index (χ0) is 5.86. The SMILES string of the molecule is [B]N(C)C(=S)CC. The summed E-state index contributed by atoms with van der Waals surface area (Å²) < 4.78 is 0. The Morgan fingerprint density at radius 2 is 2.29 bits per heavy atom. The van der Waals surface area contributed by atoms with Gasteiger partial charge in [-0.2, -0.15) is 0 Å². The molecule has 0 rings (SSSR count). The number of thiocarbonyl (C=S) groups is 1. The number of hydrogen-bond acceptors (Lipinski definition) is 1. The lowest BCUT2D eigenvalue weighted by Crippen LogP contribution is -2.19. The van der Waals surface area contributed by atoms with Gasteiger partial charge in [-0.25, -0.2) is 0 Å². The molecule has 0 heterocycles.